The lowest BCUT2D eigenvalue weighted by Gasteiger charge is -2.21. The molecular weight excluding hydrogens is 258 g/mol. The minimum absolute atomic E-state index is 0.178. The second-order valence-electron chi connectivity index (χ2n) is 5.02. The highest BCUT2D eigenvalue weighted by Crippen LogP contribution is 2.11. The molecule has 19 heavy (non-hydrogen) atoms. The average molecular weight is 282 g/mol. The van der Waals surface area contributed by atoms with Crippen molar-refractivity contribution in [3.05, 3.63) is 34.9 Å². The Hall–Kier alpha value is -1.02. The summed E-state index contributed by atoms with van der Waals surface area (Å²) in [7, 11) is 0. The molecule has 106 valence electrons. The van der Waals surface area contributed by atoms with E-state index >= 15 is 0 Å². The van der Waals surface area contributed by atoms with Crippen LogP contribution in [0.15, 0.2) is 18.2 Å². The molecule has 0 spiro atoms. The molecule has 0 radical (unpaired) electrons. The van der Waals surface area contributed by atoms with E-state index in [2.05, 4.69) is 32.9 Å². The van der Waals surface area contributed by atoms with Gasteiger partial charge in [0.15, 0.2) is 0 Å². The number of aryl methyl sites for hydroxylation is 2. The fraction of sp³-hybridized carbons (Fsp3) is 0.562. The Morgan fingerprint density at radius 3 is 2.53 bits per heavy atom. The third-order valence-corrected chi connectivity index (χ3v) is 3.58. The number of alkyl halides is 1. The van der Waals surface area contributed by atoms with Crippen LogP contribution in [0.3, 0.4) is 0 Å². The van der Waals surface area contributed by atoms with Crippen molar-refractivity contribution in [2.24, 2.45) is 0 Å². The highest BCUT2D eigenvalue weighted by Gasteiger charge is 2.13. The van der Waals surface area contributed by atoms with Gasteiger partial charge in [0.05, 0.1) is 6.42 Å². The Balaban J connectivity index is 2.66. The number of carbonyl (C=O) groups excluding carboxylic acids is 1. The van der Waals surface area contributed by atoms with Crippen LogP contribution < -0.4 is 0 Å². The fourth-order valence-corrected chi connectivity index (χ4v) is 2.22. The lowest BCUT2D eigenvalue weighted by Crippen LogP contribution is -2.34. The van der Waals surface area contributed by atoms with Crippen LogP contribution in [0.25, 0.3) is 0 Å². The molecule has 0 atom stereocenters. The van der Waals surface area contributed by atoms with Gasteiger partial charge < -0.3 is 4.90 Å². The van der Waals surface area contributed by atoms with Gasteiger partial charge in [0.25, 0.3) is 0 Å². The molecule has 0 bridgehead atoms. The van der Waals surface area contributed by atoms with Gasteiger partial charge in [-0.2, -0.15) is 0 Å². The molecule has 0 aromatic heterocycles. The molecule has 0 saturated heterocycles. The van der Waals surface area contributed by atoms with Gasteiger partial charge in [-0.3, -0.25) is 4.79 Å². The number of nitrogens with zero attached hydrogens (tertiary/aromatic N) is 1. The molecule has 0 aliphatic heterocycles. The summed E-state index contributed by atoms with van der Waals surface area (Å²) in [6, 6.07) is 6.22. The summed E-state index contributed by atoms with van der Waals surface area (Å²) in [5.74, 6) is 0.680. The molecule has 3 heteroatoms. The van der Waals surface area contributed by atoms with E-state index in [1.165, 1.54) is 11.1 Å². The van der Waals surface area contributed by atoms with E-state index in [1.807, 2.05) is 11.0 Å². The maximum atomic E-state index is 12.3. The molecule has 1 aromatic carbocycles. The van der Waals surface area contributed by atoms with Gasteiger partial charge in [0, 0.05) is 19.0 Å². The number of amides is 1. The summed E-state index contributed by atoms with van der Waals surface area (Å²) in [6.45, 7) is 7.75. The summed E-state index contributed by atoms with van der Waals surface area (Å²) in [6.07, 6.45) is 2.60. The maximum Gasteiger partial charge on any atom is 0.227 e. The highest BCUT2D eigenvalue weighted by atomic mass is 35.5. The van der Waals surface area contributed by atoms with Crippen LogP contribution in [0.1, 0.15) is 36.5 Å². The van der Waals surface area contributed by atoms with Crippen molar-refractivity contribution in [1.29, 1.82) is 0 Å². The second kappa shape index (κ2) is 8.21. The number of unbranched alkanes of at least 4 members (excludes halogenated alkanes) is 1. The summed E-state index contributed by atoms with van der Waals surface area (Å²) in [4.78, 5) is 14.2. The van der Waals surface area contributed by atoms with E-state index in [0.717, 1.165) is 24.9 Å². The van der Waals surface area contributed by atoms with E-state index in [4.69, 9.17) is 11.6 Å². The van der Waals surface area contributed by atoms with Gasteiger partial charge in [0.1, 0.15) is 0 Å². The Labute approximate surface area is 121 Å². The zero-order valence-corrected chi connectivity index (χ0v) is 13.0. The maximum absolute atomic E-state index is 12.3. The molecule has 0 heterocycles. The molecule has 1 rings (SSSR count). The molecule has 0 aliphatic rings. The molecule has 0 aliphatic carbocycles. The number of rotatable bonds is 7. The number of hydrogen-bond acceptors (Lipinski definition) is 1. The molecule has 0 saturated carbocycles. The Kier molecular flexibility index (Phi) is 6.93. The van der Waals surface area contributed by atoms with Crippen molar-refractivity contribution >= 4 is 17.5 Å². The van der Waals surface area contributed by atoms with Crippen LogP contribution in [0.2, 0.25) is 0 Å². The third kappa shape index (κ3) is 5.23. The predicted molar refractivity (Wildman–Crippen MR) is 81.8 cm³/mol. The SMILES string of the molecule is CCCCN(CCCl)C(=O)Cc1ccc(C)c(C)c1. The minimum Gasteiger partial charge on any atom is -0.341 e. The Morgan fingerprint density at radius 1 is 1.21 bits per heavy atom. The fourth-order valence-electron chi connectivity index (χ4n) is 2.01. The Bertz CT molecular complexity index is 417. The van der Waals surface area contributed by atoms with Crippen molar-refractivity contribution in [1.82, 2.24) is 4.90 Å². The lowest BCUT2D eigenvalue weighted by atomic mass is 10.0. The number of carbonyl (C=O) groups is 1. The van der Waals surface area contributed by atoms with E-state index in [9.17, 15) is 4.79 Å². The lowest BCUT2D eigenvalue weighted by molar-refractivity contribution is -0.130. The molecule has 0 unspecified atom stereocenters. The van der Waals surface area contributed by atoms with Gasteiger partial charge in [0.2, 0.25) is 5.91 Å². The van der Waals surface area contributed by atoms with Crippen molar-refractivity contribution in [2.75, 3.05) is 19.0 Å². The minimum atomic E-state index is 0.178. The standard InChI is InChI=1S/C16H24ClNO/c1-4-5-9-18(10-8-17)16(19)12-15-7-6-13(2)14(3)11-15/h6-7,11H,4-5,8-10,12H2,1-3H3. The normalized spacial score (nSPS) is 10.5. The van der Waals surface area contributed by atoms with E-state index in [-0.39, 0.29) is 5.91 Å². The summed E-state index contributed by atoms with van der Waals surface area (Å²) >= 11 is 5.77. The summed E-state index contributed by atoms with van der Waals surface area (Å²) in [5.41, 5.74) is 3.59. The first-order valence-corrected chi connectivity index (χ1v) is 7.51. The van der Waals surface area contributed by atoms with Crippen molar-refractivity contribution in [3.63, 3.8) is 0 Å². The van der Waals surface area contributed by atoms with Crippen LogP contribution in [-0.2, 0) is 11.2 Å². The molecule has 0 N–H and O–H groups in total. The predicted octanol–water partition coefficient (Wildman–Crippen LogP) is 3.71. The van der Waals surface area contributed by atoms with Gasteiger partial charge in [-0.1, -0.05) is 31.5 Å². The van der Waals surface area contributed by atoms with Crippen LogP contribution in [0, 0.1) is 13.8 Å². The van der Waals surface area contributed by atoms with E-state index in [0.29, 0.717) is 18.8 Å². The molecule has 1 aromatic rings. The van der Waals surface area contributed by atoms with Crippen molar-refractivity contribution < 1.29 is 4.79 Å². The van der Waals surface area contributed by atoms with Crippen LogP contribution in [0.4, 0.5) is 0 Å². The Morgan fingerprint density at radius 2 is 1.95 bits per heavy atom. The summed E-state index contributed by atoms with van der Waals surface area (Å²) < 4.78 is 0. The largest absolute Gasteiger partial charge is 0.341 e. The monoisotopic (exact) mass is 281 g/mol. The smallest absolute Gasteiger partial charge is 0.227 e. The van der Waals surface area contributed by atoms with Crippen molar-refractivity contribution in [3.8, 4) is 0 Å². The first-order chi connectivity index (χ1) is 9.08. The topological polar surface area (TPSA) is 20.3 Å². The van der Waals surface area contributed by atoms with E-state index in [1.54, 1.807) is 0 Å². The quantitative estimate of drug-likeness (QED) is 0.698. The van der Waals surface area contributed by atoms with Gasteiger partial charge in [-0.25, -0.2) is 0 Å². The van der Waals surface area contributed by atoms with Gasteiger partial charge in [-0.15, -0.1) is 11.6 Å². The van der Waals surface area contributed by atoms with Gasteiger partial charge in [-0.05, 0) is 37.0 Å². The zero-order chi connectivity index (χ0) is 14.3. The van der Waals surface area contributed by atoms with Crippen molar-refractivity contribution in [2.45, 2.75) is 40.0 Å². The summed E-state index contributed by atoms with van der Waals surface area (Å²) in [5, 5.41) is 0. The third-order valence-electron chi connectivity index (χ3n) is 3.42. The first kappa shape index (κ1) is 16.0. The molecule has 0 fully saturated rings. The molecular formula is C16H24ClNO. The zero-order valence-electron chi connectivity index (χ0n) is 12.2. The first-order valence-electron chi connectivity index (χ1n) is 6.98. The van der Waals surface area contributed by atoms with Crippen LogP contribution >= 0.6 is 11.6 Å². The van der Waals surface area contributed by atoms with Gasteiger partial charge >= 0.3 is 0 Å². The van der Waals surface area contributed by atoms with Crippen LogP contribution in [-0.4, -0.2) is 29.8 Å². The molecule has 1 amide bonds. The number of hydrogen-bond donors (Lipinski definition) is 0. The average Bonchev–Trinajstić information content (AvgIpc) is 2.38. The van der Waals surface area contributed by atoms with E-state index < -0.39 is 0 Å². The second-order valence-corrected chi connectivity index (χ2v) is 5.40. The highest BCUT2D eigenvalue weighted by molar-refractivity contribution is 6.18. The number of benzene rings is 1. The number of halogens is 1. The van der Waals surface area contributed by atoms with Crippen LogP contribution in [0.5, 0.6) is 0 Å². The molecule has 2 nitrogen and oxygen atoms in total.